The molecule has 21 heavy (non-hydrogen) atoms. The first-order valence-corrected chi connectivity index (χ1v) is 7.24. The fourth-order valence-corrected chi connectivity index (χ4v) is 2.29. The highest BCUT2D eigenvalue weighted by atomic mass is 14.1. The Hall–Kier alpha value is -2.34. The molecule has 0 heteroatoms. The van der Waals surface area contributed by atoms with Crippen LogP contribution in [-0.2, 0) is 0 Å². The second-order valence-electron chi connectivity index (χ2n) is 5.61. The Morgan fingerprint density at radius 3 is 2.10 bits per heavy atom. The van der Waals surface area contributed by atoms with Crippen LogP contribution in [0.4, 0.5) is 0 Å². The van der Waals surface area contributed by atoms with Gasteiger partial charge in [0.15, 0.2) is 0 Å². The first kappa shape index (κ1) is 15.1. The first-order valence-electron chi connectivity index (χ1n) is 7.24. The third kappa shape index (κ3) is 4.32. The van der Waals surface area contributed by atoms with Gasteiger partial charge in [-0.05, 0) is 49.1 Å². The molecule has 0 radical (unpaired) electrons. The Labute approximate surface area is 128 Å². The largest absolute Gasteiger partial charge is 0.0961 e. The highest BCUT2D eigenvalue weighted by Gasteiger charge is 2.02. The van der Waals surface area contributed by atoms with Crippen LogP contribution in [0.5, 0.6) is 0 Å². The molecule has 0 fully saturated rings. The van der Waals surface area contributed by atoms with E-state index in [4.69, 9.17) is 0 Å². The van der Waals surface area contributed by atoms with Crippen LogP contribution >= 0.6 is 0 Å². The minimum absolute atomic E-state index is 1.06. The molecule has 0 atom stereocenters. The van der Waals surface area contributed by atoms with Crippen LogP contribution in [-0.4, -0.2) is 0 Å². The van der Waals surface area contributed by atoms with Crippen molar-refractivity contribution in [3.8, 4) is 11.1 Å². The van der Waals surface area contributed by atoms with E-state index in [-0.39, 0.29) is 0 Å². The van der Waals surface area contributed by atoms with Crippen LogP contribution in [0.1, 0.15) is 26.3 Å². The summed E-state index contributed by atoms with van der Waals surface area (Å²) in [5.41, 5.74) is 7.26. The molecular weight excluding hydrogens is 252 g/mol. The van der Waals surface area contributed by atoms with Crippen molar-refractivity contribution in [1.82, 2.24) is 0 Å². The van der Waals surface area contributed by atoms with E-state index in [0.29, 0.717) is 0 Å². The van der Waals surface area contributed by atoms with E-state index in [0.717, 1.165) is 5.57 Å². The van der Waals surface area contributed by atoms with E-state index in [2.05, 4.69) is 81.1 Å². The molecule has 2 rings (SSSR count). The zero-order valence-corrected chi connectivity index (χ0v) is 13.1. The maximum Gasteiger partial charge on any atom is -0.0178 e. The molecule has 0 aliphatic carbocycles. The number of hydrogen-bond donors (Lipinski definition) is 0. The van der Waals surface area contributed by atoms with Gasteiger partial charge in [-0.2, -0.15) is 0 Å². The van der Waals surface area contributed by atoms with Crippen molar-refractivity contribution >= 4 is 5.57 Å². The van der Waals surface area contributed by atoms with Gasteiger partial charge in [-0.1, -0.05) is 78.4 Å². The van der Waals surface area contributed by atoms with Crippen LogP contribution in [0.25, 0.3) is 16.7 Å². The fourth-order valence-electron chi connectivity index (χ4n) is 2.29. The van der Waals surface area contributed by atoms with Crippen molar-refractivity contribution in [1.29, 1.82) is 0 Å². The van der Waals surface area contributed by atoms with Gasteiger partial charge >= 0.3 is 0 Å². The van der Waals surface area contributed by atoms with Crippen molar-refractivity contribution in [3.63, 3.8) is 0 Å². The lowest BCUT2D eigenvalue weighted by Gasteiger charge is -2.08. The highest BCUT2D eigenvalue weighted by molar-refractivity contribution is 5.79. The first-order chi connectivity index (χ1) is 10.1. The van der Waals surface area contributed by atoms with E-state index >= 15 is 0 Å². The second-order valence-corrected chi connectivity index (χ2v) is 5.61. The number of allylic oxidation sites excluding steroid dienone is 5. The lowest BCUT2D eigenvalue weighted by Crippen LogP contribution is -1.85. The molecule has 0 aliphatic rings. The predicted molar refractivity (Wildman–Crippen MR) is 94.1 cm³/mol. The summed E-state index contributed by atoms with van der Waals surface area (Å²) < 4.78 is 0. The lowest BCUT2D eigenvalue weighted by molar-refractivity contribution is 1.39. The second kappa shape index (κ2) is 6.90. The van der Waals surface area contributed by atoms with Crippen LogP contribution in [0, 0.1) is 0 Å². The molecule has 106 valence electrons. The summed E-state index contributed by atoms with van der Waals surface area (Å²) in [6.45, 7) is 10.3. The zero-order valence-electron chi connectivity index (χ0n) is 13.1. The summed E-state index contributed by atoms with van der Waals surface area (Å²) in [5, 5.41) is 0. The molecule has 0 nitrogen and oxygen atoms in total. The van der Waals surface area contributed by atoms with E-state index in [1.807, 2.05) is 13.0 Å². The maximum atomic E-state index is 4.00. The molecule has 0 spiro atoms. The fraction of sp³-hybridized carbons (Fsp3) is 0.143. The Bertz CT molecular complexity index is 681. The molecule has 0 unspecified atom stereocenters. The van der Waals surface area contributed by atoms with Gasteiger partial charge in [0.25, 0.3) is 0 Å². The van der Waals surface area contributed by atoms with Gasteiger partial charge in [0, 0.05) is 0 Å². The molecule has 0 N–H and O–H groups in total. The summed E-state index contributed by atoms with van der Waals surface area (Å²) in [6.07, 6.45) is 4.34. The Morgan fingerprint density at radius 2 is 1.48 bits per heavy atom. The van der Waals surface area contributed by atoms with Crippen molar-refractivity contribution < 1.29 is 0 Å². The Morgan fingerprint density at radius 1 is 0.810 bits per heavy atom. The zero-order chi connectivity index (χ0) is 15.2. The van der Waals surface area contributed by atoms with Gasteiger partial charge in [-0.15, -0.1) is 0 Å². The summed E-state index contributed by atoms with van der Waals surface area (Å²) in [5.74, 6) is 0. The van der Waals surface area contributed by atoms with Gasteiger partial charge in [0.05, 0.1) is 0 Å². The van der Waals surface area contributed by atoms with Crippen LogP contribution in [0.2, 0.25) is 0 Å². The third-order valence-electron chi connectivity index (χ3n) is 3.15. The lowest BCUT2D eigenvalue weighted by atomic mass is 9.97. The number of hydrogen-bond acceptors (Lipinski definition) is 0. The van der Waals surface area contributed by atoms with Crippen LogP contribution < -0.4 is 0 Å². The molecule has 0 saturated heterocycles. The Kier molecular flexibility index (Phi) is 4.94. The summed E-state index contributed by atoms with van der Waals surface area (Å²) in [6, 6.07) is 19.1. The normalized spacial score (nSPS) is 11.1. The van der Waals surface area contributed by atoms with E-state index in [1.165, 1.54) is 27.8 Å². The molecule has 2 aromatic carbocycles. The molecule has 0 bridgehead atoms. The topological polar surface area (TPSA) is 0 Å². The maximum absolute atomic E-state index is 4.00. The molecule has 0 heterocycles. The molecular formula is C21H22. The molecule has 0 aliphatic heterocycles. The minimum atomic E-state index is 1.06. The quantitative estimate of drug-likeness (QED) is 0.575. The van der Waals surface area contributed by atoms with Crippen LogP contribution in [0.3, 0.4) is 0 Å². The molecule has 2 aromatic rings. The van der Waals surface area contributed by atoms with Gasteiger partial charge < -0.3 is 0 Å². The smallest absolute Gasteiger partial charge is 0.0178 e. The van der Waals surface area contributed by atoms with Crippen LogP contribution in [0.15, 0.2) is 84.5 Å². The van der Waals surface area contributed by atoms with Gasteiger partial charge in [0.2, 0.25) is 0 Å². The molecule has 0 amide bonds. The minimum Gasteiger partial charge on any atom is -0.0961 e. The van der Waals surface area contributed by atoms with E-state index < -0.39 is 0 Å². The van der Waals surface area contributed by atoms with E-state index in [1.54, 1.807) is 0 Å². The average molecular weight is 274 g/mol. The SMILES string of the molecule is C=C(C)/C=C(\C=C(C)C)c1cccc(-c2ccccc2)c1. The van der Waals surface area contributed by atoms with E-state index in [9.17, 15) is 0 Å². The van der Waals surface area contributed by atoms with Gasteiger partial charge in [-0.25, -0.2) is 0 Å². The highest BCUT2D eigenvalue weighted by Crippen LogP contribution is 2.25. The average Bonchev–Trinajstić information content (AvgIpc) is 2.47. The summed E-state index contributed by atoms with van der Waals surface area (Å²) in [7, 11) is 0. The molecule has 0 aromatic heterocycles. The molecule has 0 saturated carbocycles. The summed E-state index contributed by atoms with van der Waals surface area (Å²) in [4.78, 5) is 0. The number of benzene rings is 2. The van der Waals surface area contributed by atoms with Crippen molar-refractivity contribution in [2.24, 2.45) is 0 Å². The Balaban J connectivity index is 2.48. The van der Waals surface area contributed by atoms with Crippen molar-refractivity contribution in [2.45, 2.75) is 20.8 Å². The van der Waals surface area contributed by atoms with Crippen molar-refractivity contribution in [2.75, 3.05) is 0 Å². The number of rotatable bonds is 4. The standard InChI is InChI=1S/C21H22/c1-16(2)13-21(14-17(3)4)20-12-8-11-19(15-20)18-9-6-5-7-10-18/h5-15H,1H2,2-4H3/b21-13+. The summed E-state index contributed by atoms with van der Waals surface area (Å²) >= 11 is 0. The third-order valence-corrected chi connectivity index (χ3v) is 3.15. The predicted octanol–water partition coefficient (Wildman–Crippen LogP) is 6.28. The van der Waals surface area contributed by atoms with Crippen molar-refractivity contribution in [3.05, 3.63) is 90.0 Å². The van der Waals surface area contributed by atoms with Gasteiger partial charge in [0.1, 0.15) is 0 Å². The monoisotopic (exact) mass is 274 g/mol. The van der Waals surface area contributed by atoms with Gasteiger partial charge in [-0.3, -0.25) is 0 Å².